The summed E-state index contributed by atoms with van der Waals surface area (Å²) in [4.78, 5) is 38.5. The van der Waals surface area contributed by atoms with E-state index in [4.69, 9.17) is 14.2 Å². The van der Waals surface area contributed by atoms with Crippen LogP contribution >= 0.6 is 0 Å². The van der Waals surface area contributed by atoms with Gasteiger partial charge in [0.2, 0.25) is 0 Å². The van der Waals surface area contributed by atoms with Gasteiger partial charge in [-0.2, -0.15) is 5.01 Å². The Morgan fingerprint density at radius 2 is 1.58 bits per heavy atom. The maximum atomic E-state index is 12.8. The Morgan fingerprint density at radius 1 is 1.08 bits per heavy atom. The van der Waals surface area contributed by atoms with Gasteiger partial charge in [0.1, 0.15) is 11.6 Å². The van der Waals surface area contributed by atoms with E-state index in [0.29, 0.717) is 13.2 Å². The van der Waals surface area contributed by atoms with Crippen molar-refractivity contribution < 1.29 is 28.6 Å². The third-order valence-electron chi connectivity index (χ3n) is 3.91. The minimum atomic E-state index is -0.800. The third-order valence-corrected chi connectivity index (χ3v) is 3.91. The zero-order valence-electron chi connectivity index (χ0n) is 15.1. The van der Waals surface area contributed by atoms with Crippen LogP contribution in [-0.4, -0.2) is 66.0 Å². The fourth-order valence-electron chi connectivity index (χ4n) is 2.82. The molecule has 3 amide bonds. The van der Waals surface area contributed by atoms with E-state index < -0.39 is 29.6 Å². The van der Waals surface area contributed by atoms with Crippen LogP contribution in [0.4, 0.5) is 4.79 Å². The normalized spacial score (nSPS) is 18.5. The van der Waals surface area contributed by atoms with Crippen molar-refractivity contribution in [2.24, 2.45) is 0 Å². The van der Waals surface area contributed by atoms with Crippen molar-refractivity contribution in [1.82, 2.24) is 10.0 Å². The van der Waals surface area contributed by atoms with Gasteiger partial charge in [0, 0.05) is 0 Å². The maximum Gasteiger partial charge on any atom is 0.430 e. The van der Waals surface area contributed by atoms with Crippen molar-refractivity contribution in [3.63, 3.8) is 0 Å². The molecule has 0 unspecified atom stereocenters. The molecule has 0 saturated carbocycles. The number of fused-ring (bicyclic) bond motifs is 1. The summed E-state index contributed by atoms with van der Waals surface area (Å²) in [7, 11) is 0. The monoisotopic (exact) mass is 362 g/mol. The highest BCUT2D eigenvalue weighted by atomic mass is 16.6. The van der Waals surface area contributed by atoms with Crippen LogP contribution in [0.25, 0.3) is 0 Å². The van der Waals surface area contributed by atoms with Gasteiger partial charge in [-0.1, -0.05) is 12.1 Å². The van der Waals surface area contributed by atoms with Crippen LogP contribution in [-0.2, 0) is 14.2 Å². The highest BCUT2D eigenvalue weighted by Gasteiger charge is 2.45. The van der Waals surface area contributed by atoms with Crippen molar-refractivity contribution in [1.29, 1.82) is 0 Å². The number of hydrazine groups is 1. The predicted molar refractivity (Wildman–Crippen MR) is 90.4 cm³/mol. The van der Waals surface area contributed by atoms with Crippen molar-refractivity contribution in [2.45, 2.75) is 32.4 Å². The molecule has 1 saturated heterocycles. The number of imide groups is 1. The molecule has 8 heteroatoms. The first-order valence-electron chi connectivity index (χ1n) is 8.45. The van der Waals surface area contributed by atoms with Crippen LogP contribution < -0.4 is 0 Å². The second-order valence-electron chi connectivity index (χ2n) is 7.10. The number of hydrogen-bond donors (Lipinski definition) is 0. The summed E-state index contributed by atoms with van der Waals surface area (Å²) in [5, 5.41) is 1.86. The summed E-state index contributed by atoms with van der Waals surface area (Å²) in [6.07, 6.45) is -0.800. The van der Waals surface area contributed by atoms with Crippen molar-refractivity contribution >= 4 is 17.9 Å². The summed E-state index contributed by atoms with van der Waals surface area (Å²) in [6.45, 7) is 6.16. The Bertz CT molecular complexity index is 684. The number of carbonyl (C=O) groups excluding carboxylic acids is 3. The molecule has 0 aromatic heterocycles. The molecule has 0 spiro atoms. The van der Waals surface area contributed by atoms with E-state index in [2.05, 4.69) is 0 Å². The van der Waals surface area contributed by atoms with Crippen molar-refractivity contribution in [3.8, 4) is 0 Å². The lowest BCUT2D eigenvalue weighted by atomic mass is 10.1. The van der Waals surface area contributed by atoms with Gasteiger partial charge < -0.3 is 14.2 Å². The Kier molecular flexibility index (Phi) is 4.97. The van der Waals surface area contributed by atoms with Crippen LogP contribution in [0.2, 0.25) is 0 Å². The zero-order chi connectivity index (χ0) is 18.9. The van der Waals surface area contributed by atoms with E-state index in [1.54, 1.807) is 45.0 Å². The van der Waals surface area contributed by atoms with E-state index >= 15 is 0 Å². The smallest absolute Gasteiger partial charge is 0.430 e. The average molecular weight is 362 g/mol. The van der Waals surface area contributed by atoms with Gasteiger partial charge in [-0.25, -0.2) is 9.80 Å². The Labute approximate surface area is 151 Å². The Balaban J connectivity index is 1.96. The molecule has 1 fully saturated rings. The van der Waals surface area contributed by atoms with E-state index in [-0.39, 0.29) is 24.3 Å². The van der Waals surface area contributed by atoms with Gasteiger partial charge >= 0.3 is 6.09 Å². The largest absolute Gasteiger partial charge is 0.442 e. The highest BCUT2D eigenvalue weighted by molar-refractivity contribution is 6.21. The molecule has 2 aliphatic heterocycles. The van der Waals surface area contributed by atoms with E-state index in [0.717, 1.165) is 10.0 Å². The first kappa shape index (κ1) is 18.3. The highest BCUT2D eigenvalue weighted by Crippen LogP contribution is 2.27. The quantitative estimate of drug-likeness (QED) is 0.747. The van der Waals surface area contributed by atoms with Gasteiger partial charge in [-0.3, -0.25) is 9.59 Å². The number of amides is 3. The summed E-state index contributed by atoms with van der Waals surface area (Å²) < 4.78 is 16.3. The van der Waals surface area contributed by atoms with Gasteiger partial charge in [-0.05, 0) is 32.9 Å². The van der Waals surface area contributed by atoms with Crippen LogP contribution in [0.3, 0.4) is 0 Å². The molecule has 26 heavy (non-hydrogen) atoms. The number of ether oxygens (including phenoxy) is 3. The fraction of sp³-hybridized carbons (Fsp3) is 0.500. The molecular formula is C18H22N2O6. The summed E-state index contributed by atoms with van der Waals surface area (Å²) >= 11 is 0. The summed E-state index contributed by atoms with van der Waals surface area (Å²) in [6, 6.07) is 5.80. The molecule has 1 aromatic rings. The minimum Gasteiger partial charge on any atom is -0.442 e. The van der Waals surface area contributed by atoms with Gasteiger partial charge in [-0.15, -0.1) is 0 Å². The number of hydrogen-bond acceptors (Lipinski definition) is 6. The topological polar surface area (TPSA) is 85.4 Å². The van der Waals surface area contributed by atoms with Crippen LogP contribution in [0.5, 0.6) is 0 Å². The number of nitrogens with zero attached hydrogens (tertiary/aromatic N) is 2. The van der Waals surface area contributed by atoms with Gasteiger partial charge in [0.15, 0.2) is 0 Å². The summed E-state index contributed by atoms with van der Waals surface area (Å²) in [5.74, 6) is -1.14. The second-order valence-corrected chi connectivity index (χ2v) is 7.10. The molecule has 2 heterocycles. The Morgan fingerprint density at radius 3 is 2.04 bits per heavy atom. The first-order valence-corrected chi connectivity index (χ1v) is 8.45. The van der Waals surface area contributed by atoms with Gasteiger partial charge in [0.25, 0.3) is 11.8 Å². The average Bonchev–Trinajstić information content (AvgIpc) is 2.76. The summed E-state index contributed by atoms with van der Waals surface area (Å²) in [5.41, 5.74) is -0.288. The van der Waals surface area contributed by atoms with E-state index in [1.807, 2.05) is 0 Å². The predicted octanol–water partition coefficient (Wildman–Crippen LogP) is 1.85. The minimum absolute atomic E-state index is 0.132. The van der Waals surface area contributed by atoms with Crippen molar-refractivity contribution in [3.05, 3.63) is 35.4 Å². The molecular weight excluding hydrogens is 340 g/mol. The van der Waals surface area contributed by atoms with E-state index in [1.165, 1.54) is 0 Å². The molecule has 8 nitrogen and oxygen atoms in total. The number of benzene rings is 1. The second kappa shape index (κ2) is 7.05. The SMILES string of the molecule is CC(C)(C)OC(=O)N(C1COCCOC1)N1C(=O)c2ccccc2C1=O. The molecule has 0 bridgehead atoms. The molecule has 0 atom stereocenters. The van der Waals surface area contributed by atoms with Crippen LogP contribution in [0.1, 0.15) is 41.5 Å². The molecule has 0 radical (unpaired) electrons. The molecule has 140 valence electrons. The van der Waals surface area contributed by atoms with E-state index in [9.17, 15) is 14.4 Å². The van der Waals surface area contributed by atoms with Crippen LogP contribution in [0, 0.1) is 0 Å². The molecule has 1 aromatic carbocycles. The molecule has 0 aliphatic carbocycles. The molecule has 3 rings (SSSR count). The third kappa shape index (κ3) is 3.56. The lowest BCUT2D eigenvalue weighted by Gasteiger charge is -2.36. The lowest BCUT2D eigenvalue weighted by molar-refractivity contribution is -0.0619. The number of rotatable bonds is 2. The number of carbonyl (C=O) groups is 3. The van der Waals surface area contributed by atoms with Gasteiger partial charge in [0.05, 0.1) is 37.6 Å². The molecule has 2 aliphatic rings. The first-order chi connectivity index (χ1) is 12.3. The standard InChI is InChI=1S/C18H22N2O6/c1-18(2,3)26-17(23)19(12-10-24-8-9-25-11-12)20-15(21)13-6-4-5-7-14(13)16(20)22/h4-7,12H,8-11H2,1-3H3. The Hall–Kier alpha value is -2.45. The zero-order valence-corrected chi connectivity index (χ0v) is 15.1. The van der Waals surface area contributed by atoms with Crippen LogP contribution in [0.15, 0.2) is 24.3 Å². The fourth-order valence-corrected chi connectivity index (χ4v) is 2.82. The lowest BCUT2D eigenvalue weighted by Crippen LogP contribution is -2.58. The maximum absolute atomic E-state index is 12.8. The van der Waals surface area contributed by atoms with Crippen molar-refractivity contribution in [2.75, 3.05) is 26.4 Å². The molecule has 0 N–H and O–H groups in total.